The topological polar surface area (TPSA) is 48.3 Å². The van der Waals surface area contributed by atoms with Gasteiger partial charge in [-0.3, -0.25) is 4.79 Å². The smallest absolute Gasteiger partial charge is 0.345 e. The largest absolute Gasteiger partial charge is 0.404 e. The average molecular weight is 593 g/mol. The van der Waals surface area contributed by atoms with Gasteiger partial charge in [0, 0.05) is 7.14 Å². The Balaban J connectivity index is 1.97. The SMILES string of the molecule is O=C(Oc1csc(=S)n1C(=O)c1ccccc1I)c1ccccc1I. The van der Waals surface area contributed by atoms with Gasteiger partial charge >= 0.3 is 5.97 Å². The average Bonchev–Trinajstić information content (AvgIpc) is 2.95. The highest BCUT2D eigenvalue weighted by atomic mass is 127. The fraction of sp³-hybridized carbons (Fsp3) is 0. The lowest BCUT2D eigenvalue weighted by Crippen LogP contribution is -2.18. The van der Waals surface area contributed by atoms with E-state index in [2.05, 4.69) is 45.2 Å². The summed E-state index contributed by atoms with van der Waals surface area (Å²) in [4.78, 5) is 25.3. The van der Waals surface area contributed by atoms with Gasteiger partial charge in [0.05, 0.1) is 16.5 Å². The maximum atomic E-state index is 12.9. The third kappa shape index (κ3) is 4.01. The lowest BCUT2D eigenvalue weighted by Gasteiger charge is -2.09. The van der Waals surface area contributed by atoms with Crippen LogP contribution in [-0.4, -0.2) is 16.4 Å². The summed E-state index contributed by atoms with van der Waals surface area (Å²) in [6.07, 6.45) is 0. The molecule has 0 unspecified atom stereocenters. The fourth-order valence-corrected chi connectivity index (χ4v) is 4.26. The molecule has 3 rings (SSSR count). The van der Waals surface area contributed by atoms with Crippen LogP contribution in [0.5, 0.6) is 5.88 Å². The monoisotopic (exact) mass is 593 g/mol. The van der Waals surface area contributed by atoms with Gasteiger partial charge in [0.1, 0.15) is 0 Å². The van der Waals surface area contributed by atoms with Crippen molar-refractivity contribution in [3.05, 3.63) is 76.1 Å². The number of ether oxygens (including phenoxy) is 1. The number of carbonyl (C=O) groups excluding carboxylic acids is 2. The van der Waals surface area contributed by atoms with Crippen LogP contribution in [0.3, 0.4) is 0 Å². The first kappa shape index (κ1) is 18.7. The minimum Gasteiger partial charge on any atom is -0.404 e. The molecule has 0 saturated heterocycles. The molecular formula is C17H9I2NO3S2. The second kappa shape index (κ2) is 8.06. The second-order valence-corrected chi connectivity index (χ2v) is 8.66. The van der Waals surface area contributed by atoms with Gasteiger partial charge in [0.25, 0.3) is 5.91 Å². The number of rotatable bonds is 3. The highest BCUT2D eigenvalue weighted by Gasteiger charge is 2.21. The van der Waals surface area contributed by atoms with E-state index < -0.39 is 5.97 Å². The molecule has 4 nitrogen and oxygen atoms in total. The number of hydrogen-bond acceptors (Lipinski definition) is 5. The van der Waals surface area contributed by atoms with E-state index in [1.807, 2.05) is 24.3 Å². The van der Waals surface area contributed by atoms with Crippen molar-refractivity contribution in [3.8, 4) is 5.88 Å². The number of benzene rings is 2. The van der Waals surface area contributed by atoms with Gasteiger partial charge in [0.15, 0.2) is 3.95 Å². The molecule has 1 aromatic heterocycles. The molecule has 0 aliphatic rings. The number of thiazole rings is 1. The second-order valence-electron chi connectivity index (χ2n) is 4.83. The minimum atomic E-state index is -0.526. The maximum absolute atomic E-state index is 12.9. The Morgan fingerprint density at radius 1 is 0.960 bits per heavy atom. The number of aromatic nitrogens is 1. The van der Waals surface area contributed by atoms with Crippen molar-refractivity contribution in [1.29, 1.82) is 0 Å². The van der Waals surface area contributed by atoms with E-state index in [9.17, 15) is 9.59 Å². The zero-order valence-corrected chi connectivity index (χ0v) is 18.4. The van der Waals surface area contributed by atoms with Crippen LogP contribution in [0.15, 0.2) is 53.9 Å². The predicted octanol–water partition coefficient (Wildman–Crippen LogP) is 5.40. The molecule has 0 spiro atoms. The summed E-state index contributed by atoms with van der Waals surface area (Å²) >= 11 is 10.6. The van der Waals surface area contributed by atoms with Gasteiger partial charge < -0.3 is 4.74 Å². The third-order valence-corrected chi connectivity index (χ3v) is 6.32. The summed E-state index contributed by atoms with van der Waals surface area (Å²) in [7, 11) is 0. The molecule has 0 fully saturated rings. The number of halogens is 2. The molecule has 3 aromatic rings. The summed E-state index contributed by atoms with van der Waals surface area (Å²) in [5.74, 6) is -0.715. The molecule has 0 N–H and O–H groups in total. The molecular weight excluding hydrogens is 584 g/mol. The normalized spacial score (nSPS) is 10.5. The van der Waals surface area contributed by atoms with Crippen LogP contribution in [0.1, 0.15) is 20.7 Å². The van der Waals surface area contributed by atoms with Crippen molar-refractivity contribution in [2.24, 2.45) is 0 Å². The van der Waals surface area contributed by atoms with Gasteiger partial charge in [0.2, 0.25) is 5.88 Å². The first-order valence-corrected chi connectivity index (χ1v) is 10.4. The van der Waals surface area contributed by atoms with Crippen LogP contribution < -0.4 is 4.74 Å². The highest BCUT2D eigenvalue weighted by Crippen LogP contribution is 2.24. The molecule has 126 valence electrons. The Kier molecular flexibility index (Phi) is 6.02. The summed E-state index contributed by atoms with van der Waals surface area (Å²) in [5, 5.41) is 1.57. The Bertz CT molecular complexity index is 1030. The molecule has 8 heteroatoms. The number of hydrogen-bond donors (Lipinski definition) is 0. The van der Waals surface area contributed by atoms with Crippen molar-refractivity contribution >= 4 is 80.6 Å². The summed E-state index contributed by atoms with van der Waals surface area (Å²) in [6.45, 7) is 0. The standard InChI is InChI=1S/C17H9I2NO3S2/c18-12-7-3-1-5-10(12)15(21)20-14(9-25-17(20)24)23-16(22)11-6-2-4-8-13(11)19/h1-9H. The molecule has 0 saturated carbocycles. The van der Waals surface area contributed by atoms with E-state index in [0.29, 0.717) is 15.1 Å². The van der Waals surface area contributed by atoms with E-state index in [0.717, 1.165) is 7.14 Å². The lowest BCUT2D eigenvalue weighted by molar-refractivity contribution is 0.0715. The molecule has 0 amide bonds. The molecule has 0 aliphatic carbocycles. The summed E-state index contributed by atoms with van der Waals surface area (Å²) in [6, 6.07) is 14.3. The molecule has 2 aromatic carbocycles. The Morgan fingerprint density at radius 3 is 2.12 bits per heavy atom. The fourth-order valence-electron chi connectivity index (χ4n) is 2.08. The first-order valence-electron chi connectivity index (χ1n) is 6.95. The van der Waals surface area contributed by atoms with Crippen molar-refractivity contribution < 1.29 is 14.3 Å². The molecule has 1 heterocycles. The van der Waals surface area contributed by atoms with Crippen LogP contribution in [0.4, 0.5) is 0 Å². The van der Waals surface area contributed by atoms with Gasteiger partial charge in [-0.15, -0.1) is 11.3 Å². The molecule has 0 bridgehead atoms. The number of nitrogens with zero attached hydrogens (tertiary/aromatic N) is 1. The van der Waals surface area contributed by atoms with Crippen LogP contribution in [0.25, 0.3) is 0 Å². The molecule has 0 aliphatic heterocycles. The minimum absolute atomic E-state index is 0.129. The van der Waals surface area contributed by atoms with Crippen molar-refractivity contribution in [3.63, 3.8) is 0 Å². The van der Waals surface area contributed by atoms with Gasteiger partial charge in [-0.05, 0) is 81.7 Å². The van der Waals surface area contributed by atoms with Crippen LogP contribution in [0, 0.1) is 11.1 Å². The van der Waals surface area contributed by atoms with Gasteiger partial charge in [-0.1, -0.05) is 24.3 Å². The summed E-state index contributed by atoms with van der Waals surface area (Å²) < 4.78 is 8.61. The van der Waals surface area contributed by atoms with Crippen LogP contribution in [-0.2, 0) is 0 Å². The van der Waals surface area contributed by atoms with E-state index >= 15 is 0 Å². The lowest BCUT2D eigenvalue weighted by atomic mass is 10.2. The van der Waals surface area contributed by atoms with Crippen LogP contribution in [0.2, 0.25) is 0 Å². The zero-order valence-electron chi connectivity index (χ0n) is 12.4. The van der Waals surface area contributed by atoms with Gasteiger partial charge in [-0.25, -0.2) is 9.36 Å². The van der Waals surface area contributed by atoms with E-state index in [1.165, 1.54) is 15.9 Å². The molecule has 0 radical (unpaired) electrons. The number of esters is 1. The van der Waals surface area contributed by atoms with Gasteiger partial charge in [-0.2, -0.15) is 0 Å². The summed E-state index contributed by atoms with van der Waals surface area (Å²) in [5.41, 5.74) is 0.942. The predicted molar refractivity (Wildman–Crippen MR) is 116 cm³/mol. The quantitative estimate of drug-likeness (QED) is 0.232. The van der Waals surface area contributed by atoms with Crippen molar-refractivity contribution in [2.45, 2.75) is 0 Å². The Morgan fingerprint density at radius 2 is 1.52 bits per heavy atom. The molecule has 25 heavy (non-hydrogen) atoms. The Labute approximate surface area is 180 Å². The number of carbonyl (C=O) groups is 2. The zero-order chi connectivity index (χ0) is 18.0. The molecule has 0 atom stereocenters. The van der Waals surface area contributed by atoms with Crippen molar-refractivity contribution in [2.75, 3.05) is 0 Å². The highest BCUT2D eigenvalue weighted by molar-refractivity contribution is 14.1. The maximum Gasteiger partial charge on any atom is 0.345 e. The van der Waals surface area contributed by atoms with E-state index in [4.69, 9.17) is 17.0 Å². The van der Waals surface area contributed by atoms with E-state index in [1.54, 1.807) is 29.6 Å². The van der Waals surface area contributed by atoms with Crippen molar-refractivity contribution in [1.82, 2.24) is 4.57 Å². The first-order chi connectivity index (χ1) is 12.0. The van der Waals surface area contributed by atoms with E-state index in [-0.39, 0.29) is 11.8 Å². The third-order valence-electron chi connectivity index (χ3n) is 3.26. The van der Waals surface area contributed by atoms with Crippen LogP contribution >= 0.6 is 68.7 Å². The Hall–Kier alpha value is -1.11.